The first kappa shape index (κ1) is 13.9. The number of piperazine rings is 1. The Kier molecular flexibility index (Phi) is 4.02. The molecule has 0 radical (unpaired) electrons. The molecule has 3 atom stereocenters. The van der Waals surface area contributed by atoms with Crippen LogP contribution >= 0.6 is 0 Å². The highest BCUT2D eigenvalue weighted by atomic mass is 16.5. The van der Waals surface area contributed by atoms with Crippen molar-refractivity contribution >= 4 is 0 Å². The smallest absolute Gasteiger partial charge is 0.243 e. The van der Waals surface area contributed by atoms with Gasteiger partial charge in [-0.25, -0.2) is 0 Å². The monoisotopic (exact) mass is 281 g/mol. The van der Waals surface area contributed by atoms with E-state index < -0.39 is 0 Å². The van der Waals surface area contributed by atoms with E-state index in [0.29, 0.717) is 24.9 Å². The molecule has 0 aromatic carbocycles. The lowest BCUT2D eigenvalue weighted by Gasteiger charge is -2.37. The summed E-state index contributed by atoms with van der Waals surface area (Å²) in [6.45, 7) is 3.80. The Bertz CT molecular complexity index is 452. The summed E-state index contributed by atoms with van der Waals surface area (Å²) < 4.78 is 5.33. The third-order valence-corrected chi connectivity index (χ3v) is 4.29. The summed E-state index contributed by atoms with van der Waals surface area (Å²) in [7, 11) is 4.29. The third kappa shape index (κ3) is 3.01. The van der Waals surface area contributed by atoms with Crippen LogP contribution in [-0.4, -0.2) is 77.5 Å². The van der Waals surface area contributed by atoms with Gasteiger partial charge >= 0.3 is 0 Å². The molecular weight excluding hydrogens is 258 g/mol. The number of aliphatic hydroxyl groups excluding tert-OH is 1. The first-order valence-corrected chi connectivity index (χ1v) is 7.24. The van der Waals surface area contributed by atoms with E-state index >= 15 is 0 Å². The minimum absolute atomic E-state index is 0.00184. The molecule has 3 rings (SSSR count). The minimum atomic E-state index is -0.312. The molecule has 2 N–H and O–H groups in total. The molecule has 7 nitrogen and oxygen atoms in total. The van der Waals surface area contributed by atoms with E-state index in [1.54, 1.807) is 0 Å². The molecule has 0 bridgehead atoms. The summed E-state index contributed by atoms with van der Waals surface area (Å²) in [5.74, 6) is 1.36. The second-order valence-corrected chi connectivity index (χ2v) is 6.00. The quantitative estimate of drug-likeness (QED) is 0.755. The number of hydrogen-bond donors (Lipinski definition) is 2. The largest absolute Gasteiger partial charge is 0.392 e. The Labute approximate surface area is 118 Å². The summed E-state index contributed by atoms with van der Waals surface area (Å²) in [5, 5.41) is 16.8. The number of likely N-dealkylation sites (N-methyl/N-ethyl adjacent to an activating group) is 2. The van der Waals surface area contributed by atoms with Crippen LogP contribution in [0.1, 0.15) is 24.2 Å². The summed E-state index contributed by atoms with van der Waals surface area (Å²) in [6, 6.07) is 0.430. The average Bonchev–Trinajstić information content (AvgIpc) is 3.03. The Morgan fingerprint density at radius 1 is 1.40 bits per heavy atom. The maximum atomic E-state index is 9.53. The molecule has 2 aliphatic rings. The van der Waals surface area contributed by atoms with E-state index in [1.165, 1.54) is 0 Å². The highest BCUT2D eigenvalue weighted by Crippen LogP contribution is 2.22. The summed E-state index contributed by atoms with van der Waals surface area (Å²) in [6.07, 6.45) is 1.14. The van der Waals surface area contributed by atoms with Gasteiger partial charge in [0.2, 0.25) is 5.89 Å². The van der Waals surface area contributed by atoms with Crippen LogP contribution in [0.15, 0.2) is 4.52 Å². The molecule has 0 saturated carbocycles. The lowest BCUT2D eigenvalue weighted by Crippen LogP contribution is -2.50. The minimum Gasteiger partial charge on any atom is -0.392 e. The predicted octanol–water partition coefficient (Wildman–Crippen LogP) is -0.747. The number of β-amino-alcohol motifs (C(OH)–C–C–N with tert-alkyl or cyclic N) is 1. The van der Waals surface area contributed by atoms with Crippen molar-refractivity contribution in [2.24, 2.45) is 0 Å². The van der Waals surface area contributed by atoms with Gasteiger partial charge in [0.1, 0.15) is 0 Å². The topological polar surface area (TPSA) is 77.7 Å². The van der Waals surface area contributed by atoms with Crippen LogP contribution in [0.3, 0.4) is 0 Å². The average molecular weight is 281 g/mol. The zero-order valence-corrected chi connectivity index (χ0v) is 12.1. The Hall–Kier alpha value is -1.02. The Morgan fingerprint density at radius 2 is 2.25 bits per heavy atom. The molecule has 2 saturated heterocycles. The molecule has 3 heterocycles. The molecule has 20 heavy (non-hydrogen) atoms. The molecule has 1 aromatic rings. The lowest BCUT2D eigenvalue weighted by atomic mass is 10.1. The number of aliphatic hydroxyl groups is 1. The van der Waals surface area contributed by atoms with E-state index in [-0.39, 0.29) is 12.1 Å². The number of nitrogens with zero attached hydrogens (tertiary/aromatic N) is 4. The van der Waals surface area contributed by atoms with Crippen molar-refractivity contribution in [1.82, 2.24) is 25.3 Å². The second-order valence-electron chi connectivity index (χ2n) is 6.00. The van der Waals surface area contributed by atoms with Crippen LogP contribution in [0.25, 0.3) is 0 Å². The van der Waals surface area contributed by atoms with E-state index in [2.05, 4.69) is 39.4 Å². The number of aromatic nitrogens is 2. The Balaban J connectivity index is 1.62. The fourth-order valence-corrected chi connectivity index (χ4v) is 2.93. The normalized spacial score (nSPS) is 32.9. The molecule has 0 spiro atoms. The van der Waals surface area contributed by atoms with Crippen LogP contribution in [-0.2, 0) is 6.42 Å². The van der Waals surface area contributed by atoms with Gasteiger partial charge in [-0.15, -0.1) is 0 Å². The molecule has 2 fully saturated rings. The van der Waals surface area contributed by atoms with Crippen LogP contribution in [0.4, 0.5) is 0 Å². The molecule has 7 heteroatoms. The van der Waals surface area contributed by atoms with Gasteiger partial charge in [0.25, 0.3) is 0 Å². The molecule has 2 aliphatic heterocycles. The number of nitrogens with one attached hydrogen (secondary N) is 1. The molecule has 1 unspecified atom stereocenters. The van der Waals surface area contributed by atoms with Crippen LogP contribution in [0, 0.1) is 0 Å². The zero-order chi connectivity index (χ0) is 14.1. The van der Waals surface area contributed by atoms with Crippen molar-refractivity contribution in [2.45, 2.75) is 31.0 Å². The van der Waals surface area contributed by atoms with Crippen molar-refractivity contribution in [1.29, 1.82) is 0 Å². The van der Waals surface area contributed by atoms with Gasteiger partial charge in [0.05, 0.1) is 12.1 Å². The third-order valence-electron chi connectivity index (χ3n) is 4.29. The van der Waals surface area contributed by atoms with Gasteiger partial charge in [0.15, 0.2) is 5.82 Å². The maximum absolute atomic E-state index is 9.53. The fourth-order valence-electron chi connectivity index (χ4n) is 2.93. The van der Waals surface area contributed by atoms with Gasteiger partial charge < -0.3 is 24.7 Å². The highest BCUT2D eigenvalue weighted by molar-refractivity contribution is 4.99. The van der Waals surface area contributed by atoms with Crippen LogP contribution in [0.2, 0.25) is 0 Å². The van der Waals surface area contributed by atoms with Gasteiger partial charge in [0, 0.05) is 38.6 Å². The molecule has 1 aromatic heterocycles. The van der Waals surface area contributed by atoms with Gasteiger partial charge in [-0.2, -0.15) is 4.98 Å². The molecule has 0 amide bonds. The molecular formula is C13H23N5O2. The maximum Gasteiger partial charge on any atom is 0.243 e. The molecule has 0 aliphatic carbocycles. The van der Waals surface area contributed by atoms with Crippen molar-refractivity contribution in [3.63, 3.8) is 0 Å². The van der Waals surface area contributed by atoms with E-state index in [9.17, 15) is 5.11 Å². The van der Waals surface area contributed by atoms with Gasteiger partial charge in [-0.3, -0.25) is 0 Å². The Morgan fingerprint density at radius 3 is 3.00 bits per heavy atom. The highest BCUT2D eigenvalue weighted by Gasteiger charge is 2.29. The second kappa shape index (κ2) is 5.77. The summed E-state index contributed by atoms with van der Waals surface area (Å²) >= 11 is 0. The van der Waals surface area contributed by atoms with E-state index in [4.69, 9.17) is 4.52 Å². The van der Waals surface area contributed by atoms with Crippen molar-refractivity contribution in [3.05, 3.63) is 11.7 Å². The number of rotatable bonds is 3. The predicted molar refractivity (Wildman–Crippen MR) is 73.3 cm³/mol. The standard InChI is InChI=1S/C13H23N5O2/c1-17-3-4-18(2)9(8-17)5-12-15-13(20-16-12)11-6-10(19)7-14-11/h9-11,14,19H,3-8H2,1-2H3/t9?,10-,11+/m1/s1. The van der Waals surface area contributed by atoms with Crippen LogP contribution < -0.4 is 5.32 Å². The fraction of sp³-hybridized carbons (Fsp3) is 0.846. The van der Waals surface area contributed by atoms with Crippen molar-refractivity contribution in [3.8, 4) is 0 Å². The first-order valence-electron chi connectivity index (χ1n) is 7.24. The summed E-state index contributed by atoms with van der Waals surface area (Å²) in [5.41, 5.74) is 0. The van der Waals surface area contributed by atoms with Crippen LogP contribution in [0.5, 0.6) is 0 Å². The lowest BCUT2D eigenvalue weighted by molar-refractivity contribution is 0.113. The van der Waals surface area contributed by atoms with Crippen molar-refractivity contribution < 1.29 is 9.63 Å². The first-order chi connectivity index (χ1) is 9.61. The van der Waals surface area contributed by atoms with Crippen molar-refractivity contribution in [2.75, 3.05) is 40.3 Å². The molecule has 112 valence electrons. The van der Waals surface area contributed by atoms with Gasteiger partial charge in [-0.05, 0) is 20.5 Å². The zero-order valence-electron chi connectivity index (χ0n) is 12.1. The van der Waals surface area contributed by atoms with E-state index in [1.807, 2.05) is 0 Å². The SMILES string of the molecule is CN1CCN(C)C(Cc2noc([C@@H]3C[C@@H](O)CN3)n2)C1. The summed E-state index contributed by atoms with van der Waals surface area (Å²) in [4.78, 5) is 9.17. The van der Waals surface area contributed by atoms with E-state index in [0.717, 1.165) is 31.9 Å². The van der Waals surface area contributed by atoms with Gasteiger partial charge in [-0.1, -0.05) is 5.16 Å². The number of hydrogen-bond acceptors (Lipinski definition) is 7.